The summed E-state index contributed by atoms with van der Waals surface area (Å²) in [6, 6.07) is 9.57. The number of rotatable bonds is 5. The second kappa shape index (κ2) is 7.61. The normalized spacial score (nSPS) is 16.6. The zero-order chi connectivity index (χ0) is 17.8. The van der Waals surface area contributed by atoms with Crippen molar-refractivity contribution in [2.24, 2.45) is 5.92 Å². The molecular formula is C19H23N3O3. The number of aliphatic hydroxyl groups excluding tert-OH is 1. The largest absolute Gasteiger partial charge is 0.388 e. The maximum atomic E-state index is 12.4. The van der Waals surface area contributed by atoms with E-state index in [1.807, 2.05) is 37.3 Å². The number of hydrogen-bond donors (Lipinski definition) is 1. The van der Waals surface area contributed by atoms with E-state index in [0.717, 1.165) is 5.56 Å². The van der Waals surface area contributed by atoms with Crippen molar-refractivity contribution in [2.75, 3.05) is 13.1 Å². The van der Waals surface area contributed by atoms with Crippen LogP contribution in [0.25, 0.3) is 0 Å². The second-order valence-corrected chi connectivity index (χ2v) is 6.40. The fourth-order valence-corrected chi connectivity index (χ4v) is 3.26. The van der Waals surface area contributed by atoms with Crippen LogP contribution in [0.3, 0.4) is 0 Å². The van der Waals surface area contributed by atoms with Crippen LogP contribution in [0.4, 0.5) is 0 Å². The molecule has 1 amide bonds. The number of piperidine rings is 1. The minimum atomic E-state index is -0.531. The molecule has 6 heteroatoms. The first-order valence-electron chi connectivity index (χ1n) is 8.69. The highest BCUT2D eigenvalue weighted by Crippen LogP contribution is 2.30. The highest BCUT2D eigenvalue weighted by atomic mass is 16.3. The molecule has 1 N–H and O–H groups in total. The van der Waals surface area contributed by atoms with Gasteiger partial charge in [-0.05, 0) is 31.2 Å². The Kier molecular flexibility index (Phi) is 5.28. The Bertz CT molecular complexity index is 733. The zero-order valence-corrected chi connectivity index (χ0v) is 14.3. The first kappa shape index (κ1) is 17.4. The van der Waals surface area contributed by atoms with Crippen molar-refractivity contribution < 1.29 is 14.7 Å². The zero-order valence-electron chi connectivity index (χ0n) is 14.3. The lowest BCUT2D eigenvalue weighted by molar-refractivity contribution is -0.128. The quantitative estimate of drug-likeness (QED) is 0.667. The summed E-state index contributed by atoms with van der Waals surface area (Å²) >= 11 is 0. The van der Waals surface area contributed by atoms with E-state index in [1.165, 1.54) is 6.20 Å². The third-order valence-corrected chi connectivity index (χ3v) is 4.83. The smallest absolute Gasteiger partial charge is 0.295 e. The van der Waals surface area contributed by atoms with Crippen LogP contribution in [0, 0.1) is 5.92 Å². The Labute approximate surface area is 147 Å². The van der Waals surface area contributed by atoms with Gasteiger partial charge in [0.25, 0.3) is 11.7 Å². The molecule has 2 heterocycles. The molecule has 1 aromatic carbocycles. The fraction of sp³-hybridized carbons (Fsp3) is 0.421. The lowest BCUT2D eigenvalue weighted by Crippen LogP contribution is -2.43. The molecule has 1 unspecified atom stereocenters. The van der Waals surface area contributed by atoms with E-state index in [1.54, 1.807) is 15.8 Å². The summed E-state index contributed by atoms with van der Waals surface area (Å²) in [5, 5.41) is 14.5. The highest BCUT2D eigenvalue weighted by molar-refractivity contribution is 6.42. The maximum Gasteiger partial charge on any atom is 0.295 e. The van der Waals surface area contributed by atoms with Crippen LogP contribution < -0.4 is 0 Å². The molecule has 0 bridgehead atoms. The van der Waals surface area contributed by atoms with Gasteiger partial charge < -0.3 is 10.0 Å². The third-order valence-electron chi connectivity index (χ3n) is 4.83. The number of likely N-dealkylation sites (tertiary alicyclic amines) is 1. The average Bonchev–Trinajstić information content (AvgIpc) is 3.16. The van der Waals surface area contributed by atoms with E-state index < -0.39 is 17.8 Å². The second-order valence-electron chi connectivity index (χ2n) is 6.40. The Morgan fingerprint density at radius 1 is 1.24 bits per heavy atom. The first-order valence-corrected chi connectivity index (χ1v) is 8.69. The number of aryl methyl sites for hydroxylation is 1. The minimum Gasteiger partial charge on any atom is -0.388 e. The van der Waals surface area contributed by atoms with Crippen molar-refractivity contribution in [2.45, 2.75) is 32.4 Å². The monoisotopic (exact) mass is 341 g/mol. The molecule has 6 nitrogen and oxygen atoms in total. The van der Waals surface area contributed by atoms with Gasteiger partial charge in [0.2, 0.25) is 0 Å². The van der Waals surface area contributed by atoms with Gasteiger partial charge in [0.05, 0.1) is 17.9 Å². The van der Waals surface area contributed by atoms with Crippen LogP contribution in [-0.2, 0) is 11.3 Å². The van der Waals surface area contributed by atoms with Crippen molar-refractivity contribution in [3.63, 3.8) is 0 Å². The topological polar surface area (TPSA) is 75.4 Å². The van der Waals surface area contributed by atoms with Crippen LogP contribution >= 0.6 is 0 Å². The molecule has 0 radical (unpaired) electrons. The molecular weight excluding hydrogens is 318 g/mol. The summed E-state index contributed by atoms with van der Waals surface area (Å²) in [7, 11) is 0. The number of carbonyl (C=O) groups excluding carboxylic acids is 2. The number of benzene rings is 1. The molecule has 2 aromatic rings. The molecule has 1 aliphatic rings. The van der Waals surface area contributed by atoms with E-state index in [4.69, 9.17) is 0 Å². The van der Waals surface area contributed by atoms with Crippen molar-refractivity contribution >= 4 is 11.7 Å². The summed E-state index contributed by atoms with van der Waals surface area (Å²) in [6.45, 7) is 3.55. The number of amides is 1. The summed E-state index contributed by atoms with van der Waals surface area (Å²) in [6.07, 6.45) is 3.88. The van der Waals surface area contributed by atoms with Gasteiger partial charge in [0.1, 0.15) is 0 Å². The van der Waals surface area contributed by atoms with Crippen LogP contribution in [-0.4, -0.2) is 44.6 Å². The van der Waals surface area contributed by atoms with Crippen molar-refractivity contribution in [3.05, 3.63) is 53.9 Å². The van der Waals surface area contributed by atoms with E-state index in [9.17, 15) is 14.7 Å². The molecule has 1 fully saturated rings. The number of nitrogens with zero attached hydrogens (tertiary/aromatic N) is 3. The Hall–Kier alpha value is -2.47. The lowest BCUT2D eigenvalue weighted by Gasteiger charge is -2.34. The van der Waals surface area contributed by atoms with Gasteiger partial charge >= 0.3 is 0 Å². The fourth-order valence-electron chi connectivity index (χ4n) is 3.26. The van der Waals surface area contributed by atoms with Gasteiger partial charge in [-0.3, -0.25) is 14.3 Å². The minimum absolute atomic E-state index is 0.101. The van der Waals surface area contributed by atoms with Gasteiger partial charge in [-0.25, -0.2) is 0 Å². The summed E-state index contributed by atoms with van der Waals surface area (Å²) in [5.74, 6) is -0.894. The maximum absolute atomic E-state index is 12.4. The van der Waals surface area contributed by atoms with E-state index in [-0.39, 0.29) is 5.92 Å². The number of aliphatic hydroxyl groups is 1. The average molecular weight is 341 g/mol. The van der Waals surface area contributed by atoms with Crippen molar-refractivity contribution in [1.82, 2.24) is 14.7 Å². The van der Waals surface area contributed by atoms with E-state index >= 15 is 0 Å². The molecule has 3 rings (SSSR count). The molecule has 1 aromatic heterocycles. The van der Waals surface area contributed by atoms with Gasteiger partial charge in [0.15, 0.2) is 0 Å². The van der Waals surface area contributed by atoms with Crippen LogP contribution in [0.2, 0.25) is 0 Å². The molecule has 1 saturated heterocycles. The molecule has 0 spiro atoms. The molecule has 1 atom stereocenters. The van der Waals surface area contributed by atoms with Crippen molar-refractivity contribution in [1.29, 1.82) is 0 Å². The molecule has 132 valence electrons. The predicted octanol–water partition coefficient (Wildman–Crippen LogP) is 2.06. The van der Waals surface area contributed by atoms with Gasteiger partial charge in [-0.2, -0.15) is 5.10 Å². The molecule has 1 aliphatic heterocycles. The third kappa shape index (κ3) is 3.79. The van der Waals surface area contributed by atoms with Gasteiger partial charge in [-0.1, -0.05) is 30.3 Å². The van der Waals surface area contributed by atoms with Crippen LogP contribution in [0.5, 0.6) is 0 Å². The summed E-state index contributed by atoms with van der Waals surface area (Å²) < 4.78 is 1.63. The Morgan fingerprint density at radius 2 is 1.92 bits per heavy atom. The van der Waals surface area contributed by atoms with E-state index in [0.29, 0.717) is 38.0 Å². The Balaban J connectivity index is 1.58. The first-order chi connectivity index (χ1) is 12.1. The number of hydrogen-bond acceptors (Lipinski definition) is 4. The summed E-state index contributed by atoms with van der Waals surface area (Å²) in [5.41, 5.74) is 1.23. The molecule has 0 aliphatic carbocycles. The number of ketones is 1. The molecule has 25 heavy (non-hydrogen) atoms. The predicted molar refractivity (Wildman–Crippen MR) is 92.9 cm³/mol. The standard InChI is InChI=1S/C19H23N3O3/c1-2-22-13-16(12-20-22)18(24)19(25)21-10-8-15(9-11-21)17(23)14-6-4-3-5-7-14/h3-7,12-13,15,17,23H,2,8-11H2,1H3. The SMILES string of the molecule is CCn1cc(C(=O)C(=O)N2CCC(C(O)c3ccccc3)CC2)cn1. The van der Waals surface area contributed by atoms with Crippen LogP contribution in [0.15, 0.2) is 42.7 Å². The van der Waals surface area contributed by atoms with E-state index in [2.05, 4.69) is 5.10 Å². The van der Waals surface area contributed by atoms with Gasteiger partial charge in [-0.15, -0.1) is 0 Å². The van der Waals surface area contributed by atoms with Crippen molar-refractivity contribution in [3.8, 4) is 0 Å². The highest BCUT2D eigenvalue weighted by Gasteiger charge is 2.31. The van der Waals surface area contributed by atoms with Crippen LogP contribution in [0.1, 0.15) is 41.8 Å². The lowest BCUT2D eigenvalue weighted by atomic mass is 9.87. The Morgan fingerprint density at radius 3 is 2.52 bits per heavy atom. The number of aromatic nitrogens is 2. The molecule has 0 saturated carbocycles. The summed E-state index contributed by atoms with van der Waals surface area (Å²) in [4.78, 5) is 26.3. The van der Waals surface area contributed by atoms with Gasteiger partial charge in [0, 0.05) is 25.8 Å². The number of carbonyl (C=O) groups is 2. The number of Topliss-reactive ketones (excluding diaryl/α,β-unsaturated/α-hetero) is 1.